The van der Waals surface area contributed by atoms with E-state index in [0.717, 1.165) is 16.7 Å². The topological polar surface area (TPSA) is 54.5 Å². The molecule has 0 saturated heterocycles. The summed E-state index contributed by atoms with van der Waals surface area (Å²) in [7, 11) is 0. The van der Waals surface area contributed by atoms with E-state index in [1.54, 1.807) is 24.3 Å². The lowest BCUT2D eigenvalue weighted by Gasteiger charge is -2.28. The van der Waals surface area contributed by atoms with E-state index in [4.69, 9.17) is 0 Å². The zero-order valence-electron chi connectivity index (χ0n) is 16.5. The molecule has 1 aliphatic heterocycles. The van der Waals surface area contributed by atoms with Crippen LogP contribution in [0.2, 0.25) is 0 Å². The second-order valence-corrected chi connectivity index (χ2v) is 7.81. The first-order valence-corrected chi connectivity index (χ1v) is 9.31. The number of Topliss-reactive ketones (excluding diaryl/α,β-unsaturated/α-hetero) is 1. The van der Waals surface area contributed by atoms with Crippen molar-refractivity contribution in [3.63, 3.8) is 0 Å². The average molecular weight is 363 g/mol. The molecule has 140 valence electrons. The third-order valence-corrected chi connectivity index (χ3v) is 5.06. The zero-order valence-corrected chi connectivity index (χ0v) is 16.5. The number of amides is 2. The number of ketones is 1. The number of aryl methyl sites for hydroxylation is 3. The molecule has 0 saturated carbocycles. The van der Waals surface area contributed by atoms with Gasteiger partial charge in [0.2, 0.25) is 0 Å². The highest BCUT2D eigenvalue weighted by molar-refractivity contribution is 6.23. The first-order chi connectivity index (χ1) is 12.7. The van der Waals surface area contributed by atoms with Gasteiger partial charge in [-0.1, -0.05) is 43.7 Å². The molecule has 0 spiro atoms. The lowest BCUT2D eigenvalue weighted by molar-refractivity contribution is 0.0520. The van der Waals surface area contributed by atoms with Crippen LogP contribution in [0, 0.1) is 26.7 Å². The van der Waals surface area contributed by atoms with E-state index in [-0.39, 0.29) is 23.5 Å². The number of fused-ring (bicyclic) bond motifs is 1. The smallest absolute Gasteiger partial charge is 0.262 e. The lowest BCUT2D eigenvalue weighted by atomic mass is 9.89. The molecule has 1 unspecified atom stereocenters. The van der Waals surface area contributed by atoms with Gasteiger partial charge in [0, 0.05) is 5.56 Å². The average Bonchev–Trinajstić information content (AvgIpc) is 2.83. The van der Waals surface area contributed by atoms with E-state index in [1.165, 1.54) is 4.90 Å². The number of rotatable bonds is 5. The lowest BCUT2D eigenvalue weighted by Crippen LogP contribution is -2.46. The van der Waals surface area contributed by atoms with E-state index in [9.17, 15) is 14.4 Å². The molecular weight excluding hydrogens is 338 g/mol. The van der Waals surface area contributed by atoms with E-state index in [1.807, 2.05) is 46.8 Å². The van der Waals surface area contributed by atoms with Crippen LogP contribution < -0.4 is 0 Å². The zero-order chi connectivity index (χ0) is 19.9. The Balaban J connectivity index is 2.07. The van der Waals surface area contributed by atoms with Crippen LogP contribution in [0.3, 0.4) is 0 Å². The summed E-state index contributed by atoms with van der Waals surface area (Å²) in [6.07, 6.45) is 0.442. The Labute approximate surface area is 160 Å². The van der Waals surface area contributed by atoms with Crippen LogP contribution in [0.1, 0.15) is 68.0 Å². The Morgan fingerprint density at radius 1 is 0.926 bits per heavy atom. The fourth-order valence-electron chi connectivity index (χ4n) is 4.00. The number of imide groups is 1. The summed E-state index contributed by atoms with van der Waals surface area (Å²) in [5.41, 5.74) is 4.21. The first-order valence-electron chi connectivity index (χ1n) is 9.31. The summed E-state index contributed by atoms with van der Waals surface area (Å²) < 4.78 is 0. The molecule has 1 heterocycles. The molecule has 0 radical (unpaired) electrons. The molecule has 0 aliphatic carbocycles. The van der Waals surface area contributed by atoms with Crippen LogP contribution in [0.15, 0.2) is 36.4 Å². The molecule has 2 aromatic carbocycles. The highest BCUT2D eigenvalue weighted by Gasteiger charge is 2.43. The Bertz CT molecular complexity index is 884. The standard InChI is InChI=1S/C23H25NO3/c1-13(2)10-19(21(25)20-15(4)11-14(3)12-16(20)5)24-22(26)17-8-6-7-9-18(17)23(24)27/h6-9,11-13,19H,10H2,1-5H3. The third-order valence-electron chi connectivity index (χ3n) is 5.06. The maximum absolute atomic E-state index is 13.5. The minimum Gasteiger partial charge on any atom is -0.292 e. The first kappa shape index (κ1) is 19.0. The van der Waals surface area contributed by atoms with E-state index in [0.29, 0.717) is 23.1 Å². The molecule has 4 heteroatoms. The molecule has 2 aromatic rings. The van der Waals surface area contributed by atoms with Crippen LogP contribution >= 0.6 is 0 Å². The summed E-state index contributed by atoms with van der Waals surface area (Å²) in [4.78, 5) is 40.6. The van der Waals surface area contributed by atoms with Gasteiger partial charge in [-0.15, -0.1) is 0 Å². The van der Waals surface area contributed by atoms with Gasteiger partial charge in [0.1, 0.15) is 6.04 Å². The molecule has 0 N–H and O–H groups in total. The molecule has 0 bridgehead atoms. The Morgan fingerprint density at radius 3 is 1.85 bits per heavy atom. The second kappa shape index (κ2) is 7.10. The van der Waals surface area contributed by atoms with Crippen LogP contribution in [-0.4, -0.2) is 28.5 Å². The van der Waals surface area contributed by atoms with E-state index >= 15 is 0 Å². The predicted octanol–water partition coefficient (Wildman–Crippen LogP) is 4.51. The van der Waals surface area contributed by atoms with Crippen LogP contribution in [-0.2, 0) is 0 Å². The van der Waals surface area contributed by atoms with Crippen molar-refractivity contribution in [2.24, 2.45) is 5.92 Å². The van der Waals surface area contributed by atoms with Gasteiger partial charge in [-0.25, -0.2) is 0 Å². The molecular formula is C23H25NO3. The van der Waals surface area contributed by atoms with Gasteiger partial charge in [0.25, 0.3) is 11.8 Å². The van der Waals surface area contributed by atoms with Crippen LogP contribution in [0.4, 0.5) is 0 Å². The molecule has 0 fully saturated rings. The Kier molecular flexibility index (Phi) is 5.01. The molecule has 0 aromatic heterocycles. The second-order valence-electron chi connectivity index (χ2n) is 7.81. The summed E-state index contributed by atoms with van der Waals surface area (Å²) in [6.45, 7) is 9.79. The Morgan fingerprint density at radius 2 is 1.41 bits per heavy atom. The van der Waals surface area contributed by atoms with Gasteiger partial charge in [0.05, 0.1) is 11.1 Å². The van der Waals surface area contributed by atoms with Crippen molar-refractivity contribution in [3.05, 3.63) is 69.8 Å². The molecule has 1 atom stereocenters. The molecule has 3 rings (SSSR count). The summed E-state index contributed by atoms with van der Waals surface area (Å²) in [6, 6.07) is 9.91. The van der Waals surface area contributed by atoms with Crippen molar-refractivity contribution < 1.29 is 14.4 Å². The van der Waals surface area contributed by atoms with Gasteiger partial charge >= 0.3 is 0 Å². The highest BCUT2D eigenvalue weighted by atomic mass is 16.2. The normalized spacial score (nSPS) is 14.7. The largest absolute Gasteiger partial charge is 0.292 e. The van der Waals surface area contributed by atoms with Crippen molar-refractivity contribution in [1.29, 1.82) is 0 Å². The quantitative estimate of drug-likeness (QED) is 0.580. The summed E-state index contributed by atoms with van der Waals surface area (Å²) in [5, 5.41) is 0. The number of carbonyl (C=O) groups excluding carboxylic acids is 3. The molecule has 2 amide bonds. The summed E-state index contributed by atoms with van der Waals surface area (Å²) >= 11 is 0. The SMILES string of the molecule is Cc1cc(C)c(C(=O)C(CC(C)C)N2C(=O)c3ccccc3C2=O)c(C)c1. The van der Waals surface area contributed by atoms with Crippen molar-refractivity contribution in [1.82, 2.24) is 4.90 Å². The number of benzene rings is 2. The number of nitrogens with zero attached hydrogens (tertiary/aromatic N) is 1. The highest BCUT2D eigenvalue weighted by Crippen LogP contribution is 2.30. The number of hydrogen-bond donors (Lipinski definition) is 0. The number of carbonyl (C=O) groups is 3. The monoisotopic (exact) mass is 363 g/mol. The van der Waals surface area contributed by atoms with Crippen LogP contribution in [0.25, 0.3) is 0 Å². The van der Waals surface area contributed by atoms with Crippen molar-refractivity contribution >= 4 is 17.6 Å². The minimum atomic E-state index is -0.794. The fraction of sp³-hybridized carbons (Fsp3) is 0.348. The predicted molar refractivity (Wildman–Crippen MR) is 105 cm³/mol. The van der Waals surface area contributed by atoms with Gasteiger partial charge in [0.15, 0.2) is 5.78 Å². The van der Waals surface area contributed by atoms with Gasteiger partial charge in [-0.2, -0.15) is 0 Å². The molecule has 1 aliphatic rings. The van der Waals surface area contributed by atoms with Gasteiger partial charge < -0.3 is 0 Å². The summed E-state index contributed by atoms with van der Waals surface area (Å²) in [5.74, 6) is -0.753. The molecule has 27 heavy (non-hydrogen) atoms. The van der Waals surface area contributed by atoms with Gasteiger partial charge in [-0.3, -0.25) is 19.3 Å². The maximum atomic E-state index is 13.5. The Hall–Kier alpha value is -2.75. The number of hydrogen-bond acceptors (Lipinski definition) is 3. The maximum Gasteiger partial charge on any atom is 0.262 e. The third kappa shape index (κ3) is 3.32. The van der Waals surface area contributed by atoms with Crippen molar-refractivity contribution in [2.45, 2.75) is 47.1 Å². The van der Waals surface area contributed by atoms with E-state index < -0.39 is 6.04 Å². The van der Waals surface area contributed by atoms with Crippen molar-refractivity contribution in [2.75, 3.05) is 0 Å². The van der Waals surface area contributed by atoms with Gasteiger partial charge in [-0.05, 0) is 56.4 Å². The fourth-order valence-corrected chi connectivity index (χ4v) is 4.00. The van der Waals surface area contributed by atoms with E-state index in [2.05, 4.69) is 0 Å². The van der Waals surface area contributed by atoms with Crippen molar-refractivity contribution in [3.8, 4) is 0 Å². The molecule has 4 nitrogen and oxygen atoms in total. The minimum absolute atomic E-state index is 0.159. The van der Waals surface area contributed by atoms with Crippen LogP contribution in [0.5, 0.6) is 0 Å².